The van der Waals surface area contributed by atoms with Crippen molar-refractivity contribution in [3.05, 3.63) is 18.0 Å². The predicted octanol–water partition coefficient (Wildman–Crippen LogP) is 0.607. The second-order valence-electron chi connectivity index (χ2n) is 4.98. The maximum atomic E-state index is 11.8. The van der Waals surface area contributed by atoms with Gasteiger partial charge in [0.05, 0.1) is 5.56 Å². The van der Waals surface area contributed by atoms with Crippen LogP contribution in [0.25, 0.3) is 0 Å². The Hall–Kier alpha value is -1.73. The quantitative estimate of drug-likeness (QED) is 0.616. The zero-order valence-corrected chi connectivity index (χ0v) is 13.1. The lowest BCUT2D eigenvalue weighted by atomic mass is 10.3. The first-order chi connectivity index (χ1) is 10.1. The summed E-state index contributed by atoms with van der Waals surface area (Å²) in [5.41, 5.74) is 0.464. The number of rotatable bonds is 10. The van der Waals surface area contributed by atoms with E-state index in [1.54, 1.807) is 7.11 Å². The molecule has 7 nitrogen and oxygen atoms in total. The molecular formula is C14H25N5O2. The summed E-state index contributed by atoms with van der Waals surface area (Å²) in [6, 6.07) is 0. The number of anilines is 1. The smallest absolute Gasteiger partial charge is 0.254 e. The van der Waals surface area contributed by atoms with Crippen LogP contribution in [0.5, 0.6) is 0 Å². The molecule has 0 unspecified atom stereocenters. The summed E-state index contributed by atoms with van der Waals surface area (Å²) >= 11 is 0. The molecule has 7 heteroatoms. The summed E-state index contributed by atoms with van der Waals surface area (Å²) in [5, 5.41) is 5.92. The molecule has 1 heterocycles. The van der Waals surface area contributed by atoms with E-state index in [2.05, 4.69) is 25.5 Å². The number of ether oxygens (including phenoxy) is 1. The van der Waals surface area contributed by atoms with Crippen molar-refractivity contribution < 1.29 is 9.53 Å². The molecule has 0 spiro atoms. The van der Waals surface area contributed by atoms with Crippen LogP contribution in [-0.2, 0) is 4.74 Å². The maximum Gasteiger partial charge on any atom is 0.254 e. The second kappa shape index (κ2) is 10.1. The third-order valence-corrected chi connectivity index (χ3v) is 2.79. The molecule has 0 aliphatic rings. The maximum absolute atomic E-state index is 11.8. The molecule has 0 atom stereocenters. The minimum Gasteiger partial charge on any atom is -0.385 e. The van der Waals surface area contributed by atoms with Crippen molar-refractivity contribution in [1.29, 1.82) is 0 Å². The van der Waals surface area contributed by atoms with Gasteiger partial charge in [0, 0.05) is 39.2 Å². The minimum absolute atomic E-state index is 0.162. The van der Waals surface area contributed by atoms with Gasteiger partial charge in [-0.3, -0.25) is 4.79 Å². The van der Waals surface area contributed by atoms with E-state index in [0.29, 0.717) is 24.7 Å². The Morgan fingerprint density at radius 1 is 1.24 bits per heavy atom. The van der Waals surface area contributed by atoms with E-state index < -0.39 is 0 Å². The van der Waals surface area contributed by atoms with Crippen molar-refractivity contribution in [2.24, 2.45) is 0 Å². The van der Waals surface area contributed by atoms with Crippen molar-refractivity contribution in [1.82, 2.24) is 20.2 Å². The Morgan fingerprint density at radius 3 is 2.57 bits per heavy atom. The van der Waals surface area contributed by atoms with Crippen LogP contribution in [0.1, 0.15) is 23.2 Å². The number of carbonyl (C=O) groups excluding carboxylic acids is 1. The van der Waals surface area contributed by atoms with Gasteiger partial charge < -0.3 is 20.3 Å². The van der Waals surface area contributed by atoms with Crippen LogP contribution >= 0.6 is 0 Å². The molecule has 1 aromatic rings. The molecule has 0 aromatic carbocycles. The average molecular weight is 295 g/mol. The Bertz CT molecular complexity index is 408. The third-order valence-electron chi connectivity index (χ3n) is 2.79. The van der Waals surface area contributed by atoms with Crippen LogP contribution in [0.3, 0.4) is 0 Å². The van der Waals surface area contributed by atoms with Gasteiger partial charge >= 0.3 is 0 Å². The normalized spacial score (nSPS) is 10.7. The standard InChI is InChI=1S/C14H25N5O2/c1-19(2)8-4-6-16-14-17-10-12(11-18-14)13(20)15-7-5-9-21-3/h10-11H,4-9H2,1-3H3,(H,15,20)(H,16,17,18). The van der Waals surface area contributed by atoms with Crippen LogP contribution < -0.4 is 10.6 Å². The molecule has 0 bridgehead atoms. The molecule has 118 valence electrons. The van der Waals surface area contributed by atoms with Gasteiger partial charge in [-0.2, -0.15) is 0 Å². The number of hydrogen-bond donors (Lipinski definition) is 2. The first-order valence-corrected chi connectivity index (χ1v) is 7.11. The van der Waals surface area contributed by atoms with Crippen molar-refractivity contribution >= 4 is 11.9 Å². The predicted molar refractivity (Wildman–Crippen MR) is 82.5 cm³/mol. The van der Waals surface area contributed by atoms with Gasteiger partial charge in [-0.05, 0) is 33.5 Å². The summed E-state index contributed by atoms with van der Waals surface area (Å²) in [7, 11) is 5.72. The molecular weight excluding hydrogens is 270 g/mol. The highest BCUT2D eigenvalue weighted by atomic mass is 16.5. The summed E-state index contributed by atoms with van der Waals surface area (Å²) in [6.45, 7) is 3.03. The van der Waals surface area contributed by atoms with Crippen molar-refractivity contribution in [2.75, 3.05) is 52.8 Å². The molecule has 1 rings (SSSR count). The topological polar surface area (TPSA) is 79.4 Å². The van der Waals surface area contributed by atoms with Crippen LogP contribution in [-0.4, -0.2) is 68.2 Å². The van der Waals surface area contributed by atoms with Gasteiger partial charge in [-0.25, -0.2) is 9.97 Å². The first kappa shape index (κ1) is 17.3. The van der Waals surface area contributed by atoms with E-state index >= 15 is 0 Å². The summed E-state index contributed by atoms with van der Waals surface area (Å²) in [4.78, 5) is 22.2. The zero-order valence-electron chi connectivity index (χ0n) is 13.1. The Morgan fingerprint density at radius 2 is 1.95 bits per heavy atom. The van der Waals surface area contributed by atoms with Crippen LogP contribution in [0.2, 0.25) is 0 Å². The number of aromatic nitrogens is 2. The Labute approximate surface area is 126 Å². The molecule has 2 N–H and O–H groups in total. The molecule has 0 saturated heterocycles. The van der Waals surface area contributed by atoms with Gasteiger partial charge in [0.1, 0.15) is 0 Å². The Kier molecular flexibility index (Phi) is 8.30. The van der Waals surface area contributed by atoms with Crippen molar-refractivity contribution in [2.45, 2.75) is 12.8 Å². The highest BCUT2D eigenvalue weighted by molar-refractivity contribution is 5.93. The first-order valence-electron chi connectivity index (χ1n) is 7.11. The fourth-order valence-corrected chi connectivity index (χ4v) is 1.65. The van der Waals surface area contributed by atoms with E-state index in [0.717, 1.165) is 25.9 Å². The fourth-order valence-electron chi connectivity index (χ4n) is 1.65. The number of nitrogens with zero attached hydrogens (tertiary/aromatic N) is 3. The number of nitrogens with one attached hydrogen (secondary N) is 2. The molecule has 0 radical (unpaired) electrons. The molecule has 0 saturated carbocycles. The van der Waals surface area contributed by atoms with Crippen LogP contribution in [0.15, 0.2) is 12.4 Å². The highest BCUT2D eigenvalue weighted by Crippen LogP contribution is 2.00. The largest absolute Gasteiger partial charge is 0.385 e. The molecule has 0 fully saturated rings. The Balaban J connectivity index is 2.30. The van der Waals surface area contributed by atoms with Gasteiger partial charge in [0.2, 0.25) is 5.95 Å². The number of methoxy groups -OCH3 is 1. The van der Waals surface area contributed by atoms with E-state index in [-0.39, 0.29) is 5.91 Å². The van der Waals surface area contributed by atoms with Gasteiger partial charge in [-0.15, -0.1) is 0 Å². The van der Waals surface area contributed by atoms with Crippen molar-refractivity contribution in [3.8, 4) is 0 Å². The molecule has 0 aliphatic heterocycles. The molecule has 1 aromatic heterocycles. The van der Waals surface area contributed by atoms with E-state index in [4.69, 9.17) is 4.74 Å². The second-order valence-corrected chi connectivity index (χ2v) is 4.98. The summed E-state index contributed by atoms with van der Waals surface area (Å²) in [6.07, 6.45) is 4.87. The lowest BCUT2D eigenvalue weighted by molar-refractivity contribution is 0.0948. The van der Waals surface area contributed by atoms with Gasteiger partial charge in [-0.1, -0.05) is 0 Å². The fraction of sp³-hybridized carbons (Fsp3) is 0.643. The van der Waals surface area contributed by atoms with Crippen molar-refractivity contribution in [3.63, 3.8) is 0 Å². The van der Waals surface area contributed by atoms with E-state index in [1.807, 2.05) is 14.1 Å². The average Bonchev–Trinajstić information content (AvgIpc) is 2.48. The number of amides is 1. The van der Waals surface area contributed by atoms with E-state index in [9.17, 15) is 4.79 Å². The molecule has 1 amide bonds. The lowest BCUT2D eigenvalue weighted by Crippen LogP contribution is -2.25. The SMILES string of the molecule is COCCCNC(=O)c1cnc(NCCCN(C)C)nc1. The van der Waals surface area contributed by atoms with E-state index in [1.165, 1.54) is 12.4 Å². The zero-order chi connectivity index (χ0) is 15.5. The number of carbonyl (C=O) groups is 1. The van der Waals surface area contributed by atoms with Crippen LogP contribution in [0.4, 0.5) is 5.95 Å². The lowest BCUT2D eigenvalue weighted by Gasteiger charge is -2.10. The minimum atomic E-state index is -0.162. The van der Waals surface area contributed by atoms with Gasteiger partial charge in [0.25, 0.3) is 5.91 Å². The molecule has 21 heavy (non-hydrogen) atoms. The third kappa shape index (κ3) is 7.57. The number of hydrogen-bond acceptors (Lipinski definition) is 6. The summed E-state index contributed by atoms with van der Waals surface area (Å²) < 4.78 is 4.92. The molecule has 0 aliphatic carbocycles. The van der Waals surface area contributed by atoms with Gasteiger partial charge in [0.15, 0.2) is 0 Å². The monoisotopic (exact) mass is 295 g/mol. The highest BCUT2D eigenvalue weighted by Gasteiger charge is 2.06. The van der Waals surface area contributed by atoms with Crippen LogP contribution in [0, 0.1) is 0 Å². The summed E-state index contributed by atoms with van der Waals surface area (Å²) in [5.74, 6) is 0.384.